The molecule has 0 heterocycles. The number of aliphatic hydroxyl groups is 1. The average molecular weight is 393 g/mol. The summed E-state index contributed by atoms with van der Waals surface area (Å²) in [7, 11) is 0. The van der Waals surface area contributed by atoms with Crippen molar-refractivity contribution in [3.63, 3.8) is 0 Å². The van der Waals surface area contributed by atoms with Crippen molar-refractivity contribution in [2.45, 2.75) is 83.7 Å². The van der Waals surface area contributed by atoms with Crippen molar-refractivity contribution in [3.05, 3.63) is 47.5 Å². The minimum Gasteiger partial charge on any atom is -0.390 e. The van der Waals surface area contributed by atoms with Gasteiger partial charge in [-0.1, -0.05) is 55.8 Å². The van der Waals surface area contributed by atoms with Crippen molar-refractivity contribution < 1.29 is 9.90 Å². The minimum absolute atomic E-state index is 0.0539. The lowest BCUT2D eigenvalue weighted by Gasteiger charge is -2.55. The average Bonchev–Trinajstić information content (AvgIpc) is 2.94. The molecule has 6 unspecified atom stereocenters. The Hall–Kier alpha value is -1.41. The fourth-order valence-electron chi connectivity index (χ4n) is 7.80. The Labute approximate surface area is 175 Å². The van der Waals surface area contributed by atoms with Crippen molar-refractivity contribution in [2.24, 2.45) is 28.6 Å². The van der Waals surface area contributed by atoms with E-state index in [2.05, 4.69) is 44.2 Å². The number of hydrogen-bond acceptors (Lipinski definition) is 2. The number of carbonyl (C=O) groups is 1. The predicted molar refractivity (Wildman–Crippen MR) is 116 cm³/mol. The van der Waals surface area contributed by atoms with Crippen LogP contribution < -0.4 is 0 Å². The van der Waals surface area contributed by atoms with Gasteiger partial charge in [0.25, 0.3) is 0 Å². The Morgan fingerprint density at radius 1 is 0.931 bits per heavy atom. The third-order valence-electron chi connectivity index (χ3n) is 9.68. The molecular formula is C27H36O2. The van der Waals surface area contributed by atoms with Crippen LogP contribution in [0.3, 0.4) is 0 Å². The van der Waals surface area contributed by atoms with Crippen molar-refractivity contribution >= 4 is 5.78 Å². The van der Waals surface area contributed by atoms with E-state index in [4.69, 9.17) is 0 Å². The Morgan fingerprint density at radius 3 is 2.48 bits per heavy atom. The molecule has 5 rings (SSSR count). The highest BCUT2D eigenvalue weighted by molar-refractivity contribution is 5.87. The van der Waals surface area contributed by atoms with Crippen LogP contribution in [-0.2, 0) is 11.2 Å². The smallest absolute Gasteiger partial charge is 0.139 e. The van der Waals surface area contributed by atoms with E-state index in [0.717, 1.165) is 57.8 Å². The van der Waals surface area contributed by atoms with E-state index in [9.17, 15) is 9.90 Å². The Bertz CT molecular complexity index is 826. The van der Waals surface area contributed by atoms with Gasteiger partial charge in [0.2, 0.25) is 0 Å². The lowest BCUT2D eigenvalue weighted by Crippen LogP contribution is -2.48. The number of benzene rings is 1. The van der Waals surface area contributed by atoms with E-state index in [1.807, 2.05) is 6.07 Å². The SMILES string of the molecule is CC12CCC3C(CC=C4CCC(O)(Cc5ccccc5)CCC43C)C1CCC2=O. The van der Waals surface area contributed by atoms with Gasteiger partial charge in [-0.15, -0.1) is 0 Å². The third kappa shape index (κ3) is 3.05. The van der Waals surface area contributed by atoms with Gasteiger partial charge >= 0.3 is 0 Å². The number of allylic oxidation sites excluding steroid dienone is 2. The van der Waals surface area contributed by atoms with E-state index < -0.39 is 5.60 Å². The fraction of sp³-hybridized carbons (Fsp3) is 0.667. The summed E-state index contributed by atoms with van der Waals surface area (Å²) in [6.45, 7) is 4.75. The summed E-state index contributed by atoms with van der Waals surface area (Å²) in [6.07, 6.45) is 12.5. The van der Waals surface area contributed by atoms with Crippen LogP contribution in [0.4, 0.5) is 0 Å². The Kier molecular flexibility index (Phi) is 4.59. The quantitative estimate of drug-likeness (QED) is 0.638. The maximum atomic E-state index is 12.6. The molecule has 0 saturated heterocycles. The molecule has 0 aromatic heterocycles. The summed E-state index contributed by atoms with van der Waals surface area (Å²) in [4.78, 5) is 12.6. The fourth-order valence-corrected chi connectivity index (χ4v) is 7.80. The van der Waals surface area contributed by atoms with Crippen molar-refractivity contribution in [2.75, 3.05) is 0 Å². The lowest BCUT2D eigenvalue weighted by atomic mass is 9.49. The standard InChI is InChI=1S/C27H36O2/c1-25-16-17-27(29,18-19-6-4-3-5-7-19)15-12-20(25)8-9-21-22-10-11-24(28)26(22,2)14-13-23(21)25/h3-8,21-23,29H,9-18H2,1-2H3. The third-order valence-corrected chi connectivity index (χ3v) is 9.68. The van der Waals surface area contributed by atoms with Crippen LogP contribution in [0.1, 0.15) is 77.2 Å². The van der Waals surface area contributed by atoms with Crippen LogP contribution in [0.25, 0.3) is 0 Å². The summed E-state index contributed by atoms with van der Waals surface area (Å²) in [5.41, 5.74) is 2.41. The van der Waals surface area contributed by atoms with Crippen LogP contribution in [0.15, 0.2) is 42.0 Å². The molecule has 0 bridgehead atoms. The van der Waals surface area contributed by atoms with E-state index in [0.29, 0.717) is 23.5 Å². The van der Waals surface area contributed by atoms with Crippen LogP contribution >= 0.6 is 0 Å². The summed E-state index contributed by atoms with van der Waals surface area (Å²) in [5, 5.41) is 11.5. The second-order valence-corrected chi connectivity index (χ2v) is 11.1. The molecule has 0 aliphatic heterocycles. The Balaban J connectivity index is 1.40. The van der Waals surface area contributed by atoms with Crippen molar-refractivity contribution in [3.8, 4) is 0 Å². The molecule has 6 atom stereocenters. The van der Waals surface area contributed by atoms with Crippen molar-refractivity contribution in [1.82, 2.24) is 0 Å². The number of hydrogen-bond donors (Lipinski definition) is 1. The number of carbonyl (C=O) groups excluding carboxylic acids is 1. The zero-order valence-corrected chi connectivity index (χ0v) is 18.1. The first-order valence-electron chi connectivity index (χ1n) is 11.8. The molecular weight excluding hydrogens is 356 g/mol. The van der Waals surface area contributed by atoms with E-state index in [-0.39, 0.29) is 10.8 Å². The number of ketones is 1. The molecule has 0 spiro atoms. The first-order valence-corrected chi connectivity index (χ1v) is 11.8. The van der Waals surface area contributed by atoms with Gasteiger partial charge in [0, 0.05) is 18.3 Å². The van der Waals surface area contributed by atoms with Crippen LogP contribution in [-0.4, -0.2) is 16.5 Å². The van der Waals surface area contributed by atoms with Gasteiger partial charge in [-0.3, -0.25) is 4.79 Å². The van der Waals surface area contributed by atoms with Crippen molar-refractivity contribution in [1.29, 1.82) is 0 Å². The molecule has 156 valence electrons. The van der Waals surface area contributed by atoms with E-state index >= 15 is 0 Å². The van der Waals surface area contributed by atoms with E-state index in [1.54, 1.807) is 5.57 Å². The number of rotatable bonds is 2. The van der Waals surface area contributed by atoms with Gasteiger partial charge in [-0.05, 0) is 80.1 Å². The van der Waals surface area contributed by atoms with Gasteiger partial charge in [0.1, 0.15) is 5.78 Å². The van der Waals surface area contributed by atoms with Crippen LogP contribution in [0, 0.1) is 28.6 Å². The summed E-state index contributed by atoms with van der Waals surface area (Å²) in [6, 6.07) is 10.5. The second kappa shape index (κ2) is 6.80. The first-order chi connectivity index (χ1) is 13.8. The maximum Gasteiger partial charge on any atom is 0.139 e. The zero-order valence-electron chi connectivity index (χ0n) is 18.1. The molecule has 0 amide bonds. The largest absolute Gasteiger partial charge is 0.390 e. The first kappa shape index (κ1) is 19.5. The molecule has 4 aliphatic carbocycles. The molecule has 0 radical (unpaired) electrons. The number of fused-ring (bicyclic) bond motifs is 5. The monoisotopic (exact) mass is 392 g/mol. The number of Topliss-reactive ketones (excluding diaryl/α,β-unsaturated/α-hetero) is 1. The molecule has 3 saturated carbocycles. The van der Waals surface area contributed by atoms with E-state index in [1.165, 1.54) is 12.0 Å². The van der Waals surface area contributed by atoms with Gasteiger partial charge in [-0.25, -0.2) is 0 Å². The normalized spacial score (nSPS) is 44.3. The maximum absolute atomic E-state index is 12.6. The van der Waals surface area contributed by atoms with Gasteiger partial charge in [0.15, 0.2) is 0 Å². The van der Waals surface area contributed by atoms with Gasteiger partial charge in [0.05, 0.1) is 5.60 Å². The zero-order chi connectivity index (χ0) is 20.3. The highest BCUT2D eigenvalue weighted by Crippen LogP contribution is 2.64. The summed E-state index contributed by atoms with van der Waals surface area (Å²) >= 11 is 0. The molecule has 2 heteroatoms. The molecule has 2 nitrogen and oxygen atoms in total. The topological polar surface area (TPSA) is 37.3 Å². The molecule has 1 aromatic carbocycles. The molecule has 4 aliphatic rings. The molecule has 3 fully saturated rings. The lowest BCUT2D eigenvalue weighted by molar-refractivity contribution is -0.131. The second-order valence-electron chi connectivity index (χ2n) is 11.1. The summed E-state index contributed by atoms with van der Waals surface area (Å²) in [5.74, 6) is 2.45. The molecule has 1 N–H and O–H groups in total. The molecule has 29 heavy (non-hydrogen) atoms. The Morgan fingerprint density at radius 2 is 1.69 bits per heavy atom. The molecule has 1 aromatic rings. The summed E-state index contributed by atoms with van der Waals surface area (Å²) < 4.78 is 0. The van der Waals surface area contributed by atoms with Crippen LogP contribution in [0.5, 0.6) is 0 Å². The highest BCUT2D eigenvalue weighted by atomic mass is 16.3. The van der Waals surface area contributed by atoms with Crippen LogP contribution in [0.2, 0.25) is 0 Å². The highest BCUT2D eigenvalue weighted by Gasteiger charge is 2.58. The predicted octanol–water partition coefficient (Wildman–Crippen LogP) is 5.88. The minimum atomic E-state index is -0.593. The van der Waals surface area contributed by atoms with Gasteiger partial charge in [-0.2, -0.15) is 0 Å². The van der Waals surface area contributed by atoms with Gasteiger partial charge < -0.3 is 5.11 Å².